The number of nitrogens with zero attached hydrogens (tertiary/aromatic N) is 3. The average Bonchev–Trinajstić information content (AvgIpc) is 2.24. The molecular weight excluding hydrogens is 180 g/mol. The predicted octanol–water partition coefficient (Wildman–Crippen LogP) is 0.670. The number of benzene rings is 1. The summed E-state index contributed by atoms with van der Waals surface area (Å²) in [5.41, 5.74) is -0.139. The van der Waals surface area contributed by atoms with Crippen molar-refractivity contribution in [3.63, 3.8) is 0 Å². The molecule has 5 heteroatoms. The fourth-order valence-electron chi connectivity index (χ4n) is 1.12. The Balaban J connectivity index is 3.46. The first-order valence-electron chi connectivity index (χ1n) is 3.84. The summed E-state index contributed by atoms with van der Waals surface area (Å²) in [5, 5.41) is 26.2. The maximum absolute atomic E-state index is 13.2. The van der Waals surface area contributed by atoms with Gasteiger partial charge in [0, 0.05) is 0 Å². The summed E-state index contributed by atoms with van der Waals surface area (Å²) >= 11 is 0. The molecule has 0 saturated heterocycles. The predicted molar refractivity (Wildman–Crippen MR) is 48.6 cm³/mol. The lowest BCUT2D eigenvalue weighted by Gasteiger charge is -2.17. The van der Waals surface area contributed by atoms with Gasteiger partial charge in [0.15, 0.2) is 0 Å². The fourth-order valence-corrected chi connectivity index (χ4v) is 1.12. The van der Waals surface area contributed by atoms with Gasteiger partial charge in [-0.1, -0.05) is 18.2 Å². The topological polar surface area (TPSA) is 71.4 Å². The van der Waals surface area contributed by atoms with Crippen molar-refractivity contribution in [1.29, 1.82) is 15.8 Å². The SMILES string of the molecule is N#C[B-](C#N)(C#N)c1ccccc1F. The molecule has 0 fully saturated rings. The molecule has 66 valence electrons. The second-order valence-corrected chi connectivity index (χ2v) is 2.77. The second-order valence-electron chi connectivity index (χ2n) is 2.77. The van der Waals surface area contributed by atoms with Crippen LogP contribution in [0.1, 0.15) is 0 Å². The maximum atomic E-state index is 13.2. The summed E-state index contributed by atoms with van der Waals surface area (Å²) in [7, 11) is 0. The first-order chi connectivity index (χ1) is 6.70. The number of rotatable bonds is 1. The van der Waals surface area contributed by atoms with Gasteiger partial charge in [0.2, 0.25) is 0 Å². The molecule has 0 saturated carbocycles. The molecule has 1 aromatic carbocycles. The minimum absolute atomic E-state index is 0.139. The lowest BCUT2D eigenvalue weighted by atomic mass is 9.25. The van der Waals surface area contributed by atoms with E-state index in [9.17, 15) is 4.39 Å². The number of halogens is 1. The lowest BCUT2D eigenvalue weighted by molar-refractivity contribution is 0.635. The fraction of sp³-hybridized carbons (Fsp3) is 0. The summed E-state index contributed by atoms with van der Waals surface area (Å²) in [6.07, 6.45) is -2.75. The summed E-state index contributed by atoms with van der Waals surface area (Å²) < 4.78 is 13.2. The van der Waals surface area contributed by atoms with E-state index in [0.29, 0.717) is 0 Å². The molecule has 0 aliphatic carbocycles. The minimum atomic E-state index is -2.75. The number of hydrogen-bond acceptors (Lipinski definition) is 3. The van der Waals surface area contributed by atoms with E-state index in [2.05, 4.69) is 0 Å². The third kappa shape index (κ3) is 1.30. The summed E-state index contributed by atoms with van der Waals surface area (Å²) in [6.45, 7) is 0. The molecule has 0 heterocycles. The Morgan fingerprint density at radius 3 is 1.93 bits per heavy atom. The molecule has 0 amide bonds. The molecule has 0 aromatic heterocycles. The van der Waals surface area contributed by atoms with Crippen LogP contribution in [-0.4, -0.2) is 6.15 Å². The molecule has 1 aromatic rings. The van der Waals surface area contributed by atoms with Crippen molar-refractivity contribution in [2.24, 2.45) is 0 Å². The van der Waals surface area contributed by atoms with Crippen molar-refractivity contribution in [2.45, 2.75) is 0 Å². The van der Waals surface area contributed by atoms with E-state index in [1.807, 2.05) is 0 Å². The molecule has 0 aliphatic rings. The first-order valence-corrected chi connectivity index (χ1v) is 3.84. The Morgan fingerprint density at radius 2 is 1.50 bits per heavy atom. The van der Waals surface area contributed by atoms with Crippen molar-refractivity contribution in [2.75, 3.05) is 0 Å². The van der Waals surface area contributed by atoms with E-state index < -0.39 is 12.0 Å². The van der Waals surface area contributed by atoms with Crippen molar-refractivity contribution in [3.8, 4) is 17.9 Å². The van der Waals surface area contributed by atoms with Crippen LogP contribution in [0.2, 0.25) is 0 Å². The van der Waals surface area contributed by atoms with Crippen LogP contribution in [-0.2, 0) is 0 Å². The van der Waals surface area contributed by atoms with Gasteiger partial charge in [-0.3, -0.25) is 0 Å². The standard InChI is InChI=1S/C9H4BFN3/c11-9-4-2-1-3-8(9)10(5-12,6-13)7-14/h1-4H/q-1. The molecular formula is C9H4BFN3-. The van der Waals surface area contributed by atoms with Crippen molar-refractivity contribution < 1.29 is 4.39 Å². The first kappa shape index (κ1) is 9.77. The van der Waals surface area contributed by atoms with Crippen LogP contribution in [0.4, 0.5) is 4.39 Å². The van der Waals surface area contributed by atoms with Crippen LogP contribution < -0.4 is 5.46 Å². The van der Waals surface area contributed by atoms with Crippen LogP contribution in [0.3, 0.4) is 0 Å². The van der Waals surface area contributed by atoms with Gasteiger partial charge >= 0.3 is 6.15 Å². The van der Waals surface area contributed by atoms with Gasteiger partial charge in [-0.15, -0.1) is 23.4 Å². The Kier molecular flexibility index (Phi) is 2.51. The highest BCUT2D eigenvalue weighted by atomic mass is 19.1. The van der Waals surface area contributed by atoms with Gasteiger partial charge in [0.05, 0.1) is 5.82 Å². The molecule has 0 spiro atoms. The molecule has 3 nitrogen and oxygen atoms in total. The normalized spacial score (nSPS) is 9.57. The van der Waals surface area contributed by atoms with E-state index in [4.69, 9.17) is 15.8 Å². The molecule has 0 atom stereocenters. The van der Waals surface area contributed by atoms with E-state index in [0.717, 1.165) is 6.07 Å². The quantitative estimate of drug-likeness (QED) is 0.602. The van der Waals surface area contributed by atoms with E-state index >= 15 is 0 Å². The third-order valence-electron chi connectivity index (χ3n) is 1.95. The van der Waals surface area contributed by atoms with Crippen molar-refractivity contribution >= 4 is 11.6 Å². The largest absolute Gasteiger partial charge is 0.324 e. The molecule has 1 rings (SSSR count). The van der Waals surface area contributed by atoms with Crippen LogP contribution in [0, 0.1) is 39.5 Å². The zero-order valence-electron chi connectivity index (χ0n) is 7.11. The molecule has 0 unspecified atom stereocenters. The minimum Gasteiger partial charge on any atom is -0.246 e. The highest BCUT2D eigenvalue weighted by Crippen LogP contribution is 2.03. The smallest absolute Gasteiger partial charge is 0.246 e. The van der Waals surface area contributed by atoms with Gasteiger partial charge in [-0.05, 0) is 6.07 Å². The van der Waals surface area contributed by atoms with Gasteiger partial charge in [0.1, 0.15) is 0 Å². The highest BCUT2D eigenvalue weighted by Gasteiger charge is 2.28. The Bertz CT molecular complexity index is 442. The highest BCUT2D eigenvalue weighted by molar-refractivity contribution is 7.09. The summed E-state index contributed by atoms with van der Waals surface area (Å²) in [5.74, 6) is 4.02. The van der Waals surface area contributed by atoms with Crippen molar-refractivity contribution in [1.82, 2.24) is 0 Å². The number of hydrogen-bond donors (Lipinski definition) is 0. The second kappa shape index (κ2) is 3.60. The van der Waals surface area contributed by atoms with Gasteiger partial charge in [-0.2, -0.15) is 0 Å². The summed E-state index contributed by atoms with van der Waals surface area (Å²) in [6, 6.07) is 5.33. The van der Waals surface area contributed by atoms with Crippen LogP contribution in [0.5, 0.6) is 0 Å². The monoisotopic (exact) mass is 184 g/mol. The molecule has 14 heavy (non-hydrogen) atoms. The van der Waals surface area contributed by atoms with Gasteiger partial charge in [-0.25, -0.2) is 20.2 Å². The van der Waals surface area contributed by atoms with E-state index in [1.165, 1.54) is 18.2 Å². The Hall–Kier alpha value is -2.32. The Labute approximate surface area is 80.5 Å². The van der Waals surface area contributed by atoms with E-state index in [1.54, 1.807) is 17.9 Å². The van der Waals surface area contributed by atoms with Crippen molar-refractivity contribution in [3.05, 3.63) is 30.1 Å². The number of nitriles is 3. The zero-order valence-corrected chi connectivity index (χ0v) is 7.11. The molecule has 0 aliphatic heterocycles. The molecule has 0 bridgehead atoms. The lowest BCUT2D eigenvalue weighted by Crippen LogP contribution is -2.46. The van der Waals surface area contributed by atoms with Crippen LogP contribution >= 0.6 is 0 Å². The molecule has 0 radical (unpaired) electrons. The third-order valence-corrected chi connectivity index (χ3v) is 1.95. The average molecular weight is 184 g/mol. The maximum Gasteiger partial charge on any atom is 0.324 e. The molecule has 0 N–H and O–H groups in total. The van der Waals surface area contributed by atoms with Gasteiger partial charge < -0.3 is 0 Å². The van der Waals surface area contributed by atoms with Crippen LogP contribution in [0.25, 0.3) is 0 Å². The van der Waals surface area contributed by atoms with Gasteiger partial charge in [0.25, 0.3) is 0 Å². The Morgan fingerprint density at radius 1 is 1.00 bits per heavy atom. The zero-order chi connectivity index (χ0) is 10.6. The summed E-state index contributed by atoms with van der Waals surface area (Å²) in [4.78, 5) is 0. The van der Waals surface area contributed by atoms with Crippen LogP contribution in [0.15, 0.2) is 24.3 Å². The van der Waals surface area contributed by atoms with E-state index in [-0.39, 0.29) is 5.46 Å².